The summed E-state index contributed by atoms with van der Waals surface area (Å²) in [6, 6.07) is 8.70. The molecule has 0 radical (unpaired) electrons. The minimum atomic E-state index is 0.156. The van der Waals surface area contributed by atoms with Crippen LogP contribution in [0.1, 0.15) is 30.8 Å². The highest BCUT2D eigenvalue weighted by Gasteiger charge is 2.19. The molecule has 2 rings (SSSR count). The molecular weight excluding hydrogens is 254 g/mol. The Morgan fingerprint density at radius 1 is 1.37 bits per heavy atom. The van der Waals surface area contributed by atoms with Crippen LogP contribution in [0.5, 0.6) is 0 Å². The van der Waals surface area contributed by atoms with Crippen molar-refractivity contribution in [3.05, 3.63) is 48.0 Å². The topological polar surface area (TPSA) is 29.9 Å². The number of thioether (sulfide) groups is 1. The number of rotatable bonds is 6. The molecule has 0 aliphatic rings. The largest absolute Gasteiger partial charge is 0.336 e. The van der Waals surface area contributed by atoms with Gasteiger partial charge in [-0.1, -0.05) is 25.1 Å². The molecule has 1 aromatic carbocycles. The van der Waals surface area contributed by atoms with Crippen LogP contribution in [-0.2, 0) is 7.05 Å². The number of benzene rings is 1. The molecule has 2 aromatic rings. The third-order valence-electron chi connectivity index (χ3n) is 3.17. The first-order valence-electron chi connectivity index (χ1n) is 6.61. The Labute approximate surface area is 119 Å². The maximum absolute atomic E-state index is 4.51. The molecule has 1 atom stereocenters. The van der Waals surface area contributed by atoms with E-state index in [2.05, 4.69) is 52.3 Å². The Morgan fingerprint density at radius 2 is 2.16 bits per heavy atom. The van der Waals surface area contributed by atoms with Crippen LogP contribution in [0.4, 0.5) is 0 Å². The number of nitrogens with zero attached hydrogens (tertiary/aromatic N) is 2. The summed E-state index contributed by atoms with van der Waals surface area (Å²) in [5.41, 5.74) is 1.30. The molecule has 1 N–H and O–H groups in total. The SMILES string of the molecule is CCCNC(c1ccccc1SC)c1nccn1C. The van der Waals surface area contributed by atoms with Crippen LogP contribution in [0.15, 0.2) is 41.6 Å². The van der Waals surface area contributed by atoms with Crippen LogP contribution in [0.25, 0.3) is 0 Å². The maximum Gasteiger partial charge on any atom is 0.130 e. The average Bonchev–Trinajstić information content (AvgIpc) is 2.86. The Hall–Kier alpha value is -1.26. The minimum absolute atomic E-state index is 0.156. The second-order valence-corrected chi connectivity index (χ2v) is 5.37. The number of aryl methyl sites for hydroxylation is 1. The Kier molecular flexibility index (Phi) is 5.05. The molecule has 1 aromatic heterocycles. The van der Waals surface area contributed by atoms with Gasteiger partial charge in [-0.25, -0.2) is 4.98 Å². The lowest BCUT2D eigenvalue weighted by Crippen LogP contribution is -2.26. The molecular formula is C15H21N3S. The van der Waals surface area contributed by atoms with Gasteiger partial charge in [0.1, 0.15) is 5.82 Å². The average molecular weight is 275 g/mol. The fraction of sp³-hybridized carbons (Fsp3) is 0.400. The summed E-state index contributed by atoms with van der Waals surface area (Å²) in [7, 11) is 2.05. The lowest BCUT2D eigenvalue weighted by atomic mass is 10.1. The maximum atomic E-state index is 4.51. The van der Waals surface area contributed by atoms with E-state index < -0.39 is 0 Å². The van der Waals surface area contributed by atoms with E-state index in [0.717, 1.165) is 18.8 Å². The molecule has 0 aliphatic heterocycles. The van der Waals surface area contributed by atoms with Crippen molar-refractivity contribution in [2.45, 2.75) is 24.3 Å². The summed E-state index contributed by atoms with van der Waals surface area (Å²) in [5, 5.41) is 3.61. The van der Waals surface area contributed by atoms with Gasteiger partial charge in [-0.3, -0.25) is 0 Å². The molecule has 0 fully saturated rings. The summed E-state index contributed by atoms with van der Waals surface area (Å²) in [4.78, 5) is 5.82. The monoisotopic (exact) mass is 275 g/mol. The van der Waals surface area contributed by atoms with E-state index in [1.165, 1.54) is 10.5 Å². The van der Waals surface area contributed by atoms with Gasteiger partial charge in [0, 0.05) is 24.3 Å². The van der Waals surface area contributed by atoms with E-state index in [1.54, 1.807) is 11.8 Å². The highest BCUT2D eigenvalue weighted by Crippen LogP contribution is 2.29. The van der Waals surface area contributed by atoms with Crippen LogP contribution in [-0.4, -0.2) is 22.4 Å². The highest BCUT2D eigenvalue weighted by molar-refractivity contribution is 7.98. The Morgan fingerprint density at radius 3 is 2.79 bits per heavy atom. The normalized spacial score (nSPS) is 12.6. The molecule has 19 heavy (non-hydrogen) atoms. The van der Waals surface area contributed by atoms with Gasteiger partial charge in [-0.05, 0) is 30.9 Å². The standard InChI is InChI=1S/C15H21N3S/c1-4-9-16-14(15-17-10-11-18(15)2)12-7-5-6-8-13(12)19-3/h5-8,10-11,14,16H,4,9H2,1-3H3. The van der Waals surface area contributed by atoms with Crippen molar-refractivity contribution in [2.24, 2.45) is 7.05 Å². The number of imidazole rings is 1. The van der Waals surface area contributed by atoms with Gasteiger partial charge in [0.25, 0.3) is 0 Å². The van der Waals surface area contributed by atoms with Gasteiger partial charge >= 0.3 is 0 Å². The fourth-order valence-electron chi connectivity index (χ4n) is 2.19. The van der Waals surface area contributed by atoms with Crippen molar-refractivity contribution < 1.29 is 0 Å². The van der Waals surface area contributed by atoms with E-state index >= 15 is 0 Å². The lowest BCUT2D eigenvalue weighted by molar-refractivity contribution is 0.549. The zero-order valence-corrected chi connectivity index (χ0v) is 12.6. The van der Waals surface area contributed by atoms with Crippen LogP contribution >= 0.6 is 11.8 Å². The van der Waals surface area contributed by atoms with Gasteiger partial charge in [-0.2, -0.15) is 0 Å². The number of aromatic nitrogens is 2. The van der Waals surface area contributed by atoms with Crippen molar-refractivity contribution >= 4 is 11.8 Å². The van der Waals surface area contributed by atoms with Crippen molar-refractivity contribution in [3.63, 3.8) is 0 Å². The van der Waals surface area contributed by atoms with E-state index in [1.807, 2.05) is 19.4 Å². The molecule has 0 saturated carbocycles. The molecule has 0 spiro atoms. The molecule has 3 nitrogen and oxygen atoms in total. The van der Waals surface area contributed by atoms with Gasteiger partial charge in [-0.15, -0.1) is 11.8 Å². The summed E-state index contributed by atoms with van der Waals surface area (Å²) >= 11 is 1.78. The number of hydrogen-bond donors (Lipinski definition) is 1. The smallest absolute Gasteiger partial charge is 0.130 e. The van der Waals surface area contributed by atoms with Crippen molar-refractivity contribution in [1.29, 1.82) is 0 Å². The molecule has 1 heterocycles. The van der Waals surface area contributed by atoms with Gasteiger partial charge in [0.15, 0.2) is 0 Å². The van der Waals surface area contributed by atoms with E-state index in [9.17, 15) is 0 Å². The van der Waals surface area contributed by atoms with Gasteiger partial charge < -0.3 is 9.88 Å². The van der Waals surface area contributed by atoms with E-state index in [0.29, 0.717) is 0 Å². The van der Waals surface area contributed by atoms with E-state index in [4.69, 9.17) is 0 Å². The van der Waals surface area contributed by atoms with Crippen molar-refractivity contribution in [3.8, 4) is 0 Å². The second kappa shape index (κ2) is 6.78. The fourth-order valence-corrected chi connectivity index (χ4v) is 2.83. The number of nitrogens with one attached hydrogen (secondary N) is 1. The van der Waals surface area contributed by atoms with Crippen LogP contribution in [0, 0.1) is 0 Å². The summed E-state index contributed by atoms with van der Waals surface area (Å²) in [5.74, 6) is 1.06. The second-order valence-electron chi connectivity index (χ2n) is 4.53. The third kappa shape index (κ3) is 3.19. The van der Waals surface area contributed by atoms with Crippen LogP contribution < -0.4 is 5.32 Å². The first-order chi connectivity index (χ1) is 9.27. The molecule has 0 saturated heterocycles. The molecule has 4 heteroatoms. The van der Waals surface area contributed by atoms with Crippen LogP contribution in [0.3, 0.4) is 0 Å². The van der Waals surface area contributed by atoms with E-state index in [-0.39, 0.29) is 6.04 Å². The molecule has 0 amide bonds. The van der Waals surface area contributed by atoms with Crippen LogP contribution in [0.2, 0.25) is 0 Å². The molecule has 0 aliphatic carbocycles. The molecule has 1 unspecified atom stereocenters. The minimum Gasteiger partial charge on any atom is -0.336 e. The first kappa shape index (κ1) is 14.2. The van der Waals surface area contributed by atoms with Crippen molar-refractivity contribution in [1.82, 2.24) is 14.9 Å². The quantitative estimate of drug-likeness (QED) is 0.821. The summed E-state index contributed by atoms with van der Waals surface area (Å²) in [6.07, 6.45) is 7.09. The predicted octanol–water partition coefficient (Wildman–Crippen LogP) is 3.23. The Balaban J connectivity index is 2.40. The predicted molar refractivity (Wildman–Crippen MR) is 81.6 cm³/mol. The number of hydrogen-bond acceptors (Lipinski definition) is 3. The molecule has 0 bridgehead atoms. The van der Waals surface area contributed by atoms with Gasteiger partial charge in [0.05, 0.1) is 6.04 Å². The summed E-state index contributed by atoms with van der Waals surface area (Å²) in [6.45, 7) is 3.17. The summed E-state index contributed by atoms with van der Waals surface area (Å²) < 4.78 is 2.09. The first-order valence-corrected chi connectivity index (χ1v) is 7.84. The van der Waals surface area contributed by atoms with Gasteiger partial charge in [0.2, 0.25) is 0 Å². The zero-order chi connectivity index (χ0) is 13.7. The third-order valence-corrected chi connectivity index (χ3v) is 3.98. The van der Waals surface area contributed by atoms with Crippen molar-refractivity contribution in [2.75, 3.05) is 12.8 Å². The Bertz CT molecular complexity index is 522. The highest BCUT2D eigenvalue weighted by atomic mass is 32.2. The zero-order valence-electron chi connectivity index (χ0n) is 11.8. The molecule has 102 valence electrons. The lowest BCUT2D eigenvalue weighted by Gasteiger charge is -2.21.